The van der Waals surface area contributed by atoms with Crippen LogP contribution in [0, 0.1) is 5.82 Å². The van der Waals surface area contributed by atoms with E-state index in [2.05, 4.69) is 21.7 Å². The van der Waals surface area contributed by atoms with E-state index in [0.29, 0.717) is 25.9 Å². The van der Waals surface area contributed by atoms with Gasteiger partial charge in [0.05, 0.1) is 12.6 Å². The van der Waals surface area contributed by atoms with Gasteiger partial charge in [-0.15, -0.1) is 0 Å². The largest absolute Gasteiger partial charge is 0.331 e. The minimum absolute atomic E-state index is 0.00128. The molecule has 0 fully saturated rings. The number of benzene rings is 2. The lowest BCUT2D eigenvalue weighted by molar-refractivity contribution is -0.135. The normalized spacial score (nSPS) is 16.3. The van der Waals surface area contributed by atoms with Crippen molar-refractivity contribution in [2.24, 2.45) is 0 Å². The van der Waals surface area contributed by atoms with E-state index in [4.69, 9.17) is 0 Å². The fraction of sp³-hybridized carbons (Fsp3) is 0.238. The fourth-order valence-corrected chi connectivity index (χ4v) is 3.47. The van der Waals surface area contributed by atoms with Crippen molar-refractivity contribution in [3.8, 4) is 0 Å². The molecule has 2 aromatic carbocycles. The van der Waals surface area contributed by atoms with Gasteiger partial charge in [0.2, 0.25) is 5.91 Å². The lowest BCUT2D eigenvalue weighted by atomic mass is 10.0. The van der Waals surface area contributed by atoms with Crippen LogP contribution in [0.4, 0.5) is 4.39 Å². The Balaban J connectivity index is 1.53. The van der Waals surface area contributed by atoms with Crippen LogP contribution in [0.1, 0.15) is 29.4 Å². The minimum atomic E-state index is -0.257. The highest BCUT2D eigenvalue weighted by Crippen LogP contribution is 2.29. The first-order valence-corrected chi connectivity index (χ1v) is 8.79. The molecule has 132 valence electrons. The number of hydrogen-bond acceptors (Lipinski definition) is 2. The summed E-state index contributed by atoms with van der Waals surface area (Å²) < 4.78 is 15.2. The van der Waals surface area contributed by atoms with Crippen LogP contribution < -0.4 is 0 Å². The Morgan fingerprint density at radius 1 is 1.12 bits per heavy atom. The fourth-order valence-electron chi connectivity index (χ4n) is 3.47. The average molecular weight is 349 g/mol. The zero-order valence-corrected chi connectivity index (χ0v) is 14.4. The van der Waals surface area contributed by atoms with Crippen LogP contribution in [-0.2, 0) is 24.3 Å². The molecule has 0 N–H and O–H groups in total. The average Bonchev–Trinajstić information content (AvgIpc) is 3.14. The van der Waals surface area contributed by atoms with Crippen molar-refractivity contribution >= 4 is 5.91 Å². The molecule has 0 aliphatic carbocycles. The SMILES string of the molecule is O=C(CCc1ccc(F)cc1)N1Cc2nccn2CC1c1ccccc1. The first-order chi connectivity index (χ1) is 12.7. The first-order valence-electron chi connectivity index (χ1n) is 8.79. The smallest absolute Gasteiger partial charge is 0.223 e. The number of carbonyl (C=O) groups is 1. The molecule has 4 rings (SSSR count). The van der Waals surface area contributed by atoms with Gasteiger partial charge in [0.15, 0.2) is 0 Å². The molecule has 4 nitrogen and oxygen atoms in total. The van der Waals surface area contributed by atoms with Crippen LogP contribution in [0.2, 0.25) is 0 Å². The molecule has 1 amide bonds. The highest BCUT2D eigenvalue weighted by molar-refractivity contribution is 5.77. The van der Waals surface area contributed by atoms with Crippen molar-refractivity contribution in [2.75, 3.05) is 0 Å². The Morgan fingerprint density at radius 3 is 2.65 bits per heavy atom. The molecule has 1 aliphatic heterocycles. The first kappa shape index (κ1) is 16.5. The monoisotopic (exact) mass is 349 g/mol. The standard InChI is InChI=1S/C21H20FN3O/c22-18-9-6-16(7-10-18)8-11-21(26)25-15-20-23-12-13-24(20)14-19(25)17-4-2-1-3-5-17/h1-7,9-10,12-13,19H,8,11,14-15H2. The van der Waals surface area contributed by atoms with E-state index in [0.717, 1.165) is 17.0 Å². The predicted octanol–water partition coefficient (Wildman–Crippen LogP) is 3.74. The molecule has 3 aromatic rings. The van der Waals surface area contributed by atoms with Gasteiger partial charge in [-0.2, -0.15) is 0 Å². The van der Waals surface area contributed by atoms with Gasteiger partial charge in [0.1, 0.15) is 11.6 Å². The summed E-state index contributed by atoms with van der Waals surface area (Å²) in [6.07, 6.45) is 4.75. The molecule has 1 aromatic heterocycles. The summed E-state index contributed by atoms with van der Waals surface area (Å²) in [5.41, 5.74) is 2.09. The zero-order chi connectivity index (χ0) is 17.9. The second kappa shape index (κ2) is 7.12. The van der Waals surface area contributed by atoms with Gasteiger partial charge < -0.3 is 9.47 Å². The van der Waals surface area contributed by atoms with Gasteiger partial charge in [-0.3, -0.25) is 4.79 Å². The Morgan fingerprint density at radius 2 is 1.88 bits per heavy atom. The molecule has 0 saturated carbocycles. The van der Waals surface area contributed by atoms with E-state index >= 15 is 0 Å². The Kier molecular flexibility index (Phi) is 4.52. The maximum Gasteiger partial charge on any atom is 0.223 e. The molecule has 0 saturated heterocycles. The zero-order valence-electron chi connectivity index (χ0n) is 14.4. The molecule has 0 spiro atoms. The summed E-state index contributed by atoms with van der Waals surface area (Å²) >= 11 is 0. The third-order valence-corrected chi connectivity index (χ3v) is 4.90. The summed E-state index contributed by atoms with van der Waals surface area (Å²) in [5.74, 6) is 0.747. The number of aromatic nitrogens is 2. The predicted molar refractivity (Wildman–Crippen MR) is 96.7 cm³/mol. The van der Waals surface area contributed by atoms with Gasteiger partial charge in [0, 0.05) is 25.4 Å². The van der Waals surface area contributed by atoms with Crippen LogP contribution in [0.25, 0.3) is 0 Å². The minimum Gasteiger partial charge on any atom is -0.331 e. The van der Waals surface area contributed by atoms with E-state index in [1.807, 2.05) is 29.3 Å². The molecule has 2 heterocycles. The Hall–Kier alpha value is -2.95. The van der Waals surface area contributed by atoms with Crippen molar-refractivity contribution in [1.29, 1.82) is 0 Å². The van der Waals surface area contributed by atoms with Crippen molar-refractivity contribution in [2.45, 2.75) is 32.0 Å². The second-order valence-corrected chi connectivity index (χ2v) is 6.57. The summed E-state index contributed by atoms with van der Waals surface area (Å²) in [6.45, 7) is 1.22. The molecule has 0 bridgehead atoms. The van der Waals surface area contributed by atoms with Crippen molar-refractivity contribution in [1.82, 2.24) is 14.5 Å². The highest BCUT2D eigenvalue weighted by atomic mass is 19.1. The molecular formula is C21H20FN3O. The maximum absolute atomic E-state index is 13.0. The highest BCUT2D eigenvalue weighted by Gasteiger charge is 2.30. The van der Waals surface area contributed by atoms with Crippen LogP contribution in [0.15, 0.2) is 67.0 Å². The van der Waals surface area contributed by atoms with E-state index in [-0.39, 0.29) is 17.8 Å². The molecule has 0 radical (unpaired) electrons. The molecule has 5 heteroatoms. The Labute approximate surface area is 151 Å². The number of hydrogen-bond donors (Lipinski definition) is 0. The molecule has 1 aliphatic rings. The van der Waals surface area contributed by atoms with Crippen LogP contribution in [-0.4, -0.2) is 20.4 Å². The molecule has 1 unspecified atom stereocenters. The lowest BCUT2D eigenvalue weighted by Gasteiger charge is -2.36. The third-order valence-electron chi connectivity index (χ3n) is 4.90. The quantitative estimate of drug-likeness (QED) is 0.720. The number of aryl methyl sites for hydroxylation is 1. The van der Waals surface area contributed by atoms with Crippen LogP contribution in [0.3, 0.4) is 0 Å². The number of imidazole rings is 1. The van der Waals surface area contributed by atoms with Crippen molar-refractivity contribution in [3.05, 3.63) is 89.8 Å². The number of carbonyl (C=O) groups excluding carboxylic acids is 1. The van der Waals surface area contributed by atoms with E-state index in [1.165, 1.54) is 12.1 Å². The van der Waals surface area contributed by atoms with Crippen LogP contribution >= 0.6 is 0 Å². The number of amides is 1. The van der Waals surface area contributed by atoms with Crippen molar-refractivity contribution < 1.29 is 9.18 Å². The summed E-state index contributed by atoms with van der Waals surface area (Å²) in [7, 11) is 0. The molecular weight excluding hydrogens is 329 g/mol. The summed E-state index contributed by atoms with van der Waals surface area (Å²) in [4.78, 5) is 19.3. The number of halogens is 1. The van der Waals surface area contributed by atoms with Gasteiger partial charge in [-0.05, 0) is 29.7 Å². The molecule has 1 atom stereocenters. The van der Waals surface area contributed by atoms with E-state index in [1.54, 1.807) is 18.3 Å². The van der Waals surface area contributed by atoms with Gasteiger partial charge in [-0.25, -0.2) is 9.37 Å². The van der Waals surface area contributed by atoms with E-state index in [9.17, 15) is 9.18 Å². The van der Waals surface area contributed by atoms with Gasteiger partial charge in [0.25, 0.3) is 0 Å². The summed E-state index contributed by atoms with van der Waals surface area (Å²) in [5, 5.41) is 0. The topological polar surface area (TPSA) is 38.1 Å². The van der Waals surface area contributed by atoms with Gasteiger partial charge >= 0.3 is 0 Å². The second-order valence-electron chi connectivity index (χ2n) is 6.57. The maximum atomic E-state index is 13.0. The van der Waals surface area contributed by atoms with Crippen LogP contribution in [0.5, 0.6) is 0 Å². The number of nitrogens with zero attached hydrogens (tertiary/aromatic N) is 3. The molecule has 26 heavy (non-hydrogen) atoms. The van der Waals surface area contributed by atoms with Gasteiger partial charge in [-0.1, -0.05) is 42.5 Å². The van der Waals surface area contributed by atoms with Crippen molar-refractivity contribution in [3.63, 3.8) is 0 Å². The number of rotatable bonds is 4. The summed E-state index contributed by atoms with van der Waals surface area (Å²) in [6, 6.07) is 16.4. The lowest BCUT2D eigenvalue weighted by Crippen LogP contribution is -2.41. The number of fused-ring (bicyclic) bond motifs is 1. The van der Waals surface area contributed by atoms with E-state index < -0.39 is 0 Å². The third kappa shape index (κ3) is 3.38. The Bertz CT molecular complexity index is 889.